The molecule has 0 amide bonds. The lowest BCUT2D eigenvalue weighted by Gasteiger charge is -2.34. The average Bonchev–Trinajstić information content (AvgIpc) is 2.13. The van der Waals surface area contributed by atoms with E-state index >= 15 is 0 Å². The smallest absolute Gasteiger partial charge is 0.0447 e. The highest BCUT2D eigenvalue weighted by Crippen LogP contribution is 2.34. The highest BCUT2D eigenvalue weighted by atomic mass is 14.7. The van der Waals surface area contributed by atoms with E-state index in [1.165, 1.54) is 11.1 Å². The molecule has 0 radical (unpaired) electrons. The summed E-state index contributed by atoms with van der Waals surface area (Å²) in [5.74, 6) is 0.405. The lowest BCUT2D eigenvalue weighted by atomic mass is 9.75. The molecule has 0 bridgehead atoms. The van der Waals surface area contributed by atoms with Crippen LogP contribution in [0.1, 0.15) is 25.0 Å². The van der Waals surface area contributed by atoms with Crippen molar-refractivity contribution in [3.63, 3.8) is 0 Å². The summed E-state index contributed by atoms with van der Waals surface area (Å²) < 4.78 is 0. The van der Waals surface area contributed by atoms with Gasteiger partial charge in [0.2, 0.25) is 0 Å². The van der Waals surface area contributed by atoms with Gasteiger partial charge in [-0.3, -0.25) is 0 Å². The molecule has 2 unspecified atom stereocenters. The Balaban J connectivity index is 2.61. The molecule has 1 aliphatic rings. The largest absolute Gasteiger partial charge is 0.321 e. The normalized spacial score (nSPS) is 31.5. The molecule has 1 aromatic carbocycles. The van der Waals surface area contributed by atoms with Crippen molar-refractivity contribution in [1.29, 1.82) is 0 Å². The van der Waals surface area contributed by atoms with Gasteiger partial charge in [-0.1, -0.05) is 43.3 Å². The van der Waals surface area contributed by atoms with Gasteiger partial charge in [-0.2, -0.15) is 0 Å². The number of fused-ring (bicyclic) bond motifs is 1. The molecule has 0 saturated heterocycles. The second kappa shape index (κ2) is 2.71. The number of rotatable bonds is 0. The number of hydrogen-bond donors (Lipinski definition) is 1. The minimum absolute atomic E-state index is 0.217. The van der Waals surface area contributed by atoms with Crippen LogP contribution < -0.4 is 5.73 Å². The Labute approximate surface area is 79.3 Å². The van der Waals surface area contributed by atoms with E-state index in [-0.39, 0.29) is 5.54 Å². The fraction of sp³-hybridized carbons (Fsp3) is 0.333. The molecule has 1 aromatic rings. The van der Waals surface area contributed by atoms with Crippen LogP contribution in [0.5, 0.6) is 0 Å². The molecule has 68 valence electrons. The molecule has 2 rings (SSSR count). The van der Waals surface area contributed by atoms with E-state index in [0.29, 0.717) is 5.92 Å². The van der Waals surface area contributed by atoms with Crippen LogP contribution in [0.4, 0.5) is 0 Å². The van der Waals surface area contributed by atoms with Crippen LogP contribution in [0.3, 0.4) is 0 Å². The van der Waals surface area contributed by atoms with Crippen LogP contribution in [0, 0.1) is 5.92 Å². The molecule has 2 atom stereocenters. The van der Waals surface area contributed by atoms with Crippen molar-refractivity contribution in [2.24, 2.45) is 11.7 Å². The second-order valence-corrected chi connectivity index (χ2v) is 4.02. The van der Waals surface area contributed by atoms with Gasteiger partial charge >= 0.3 is 0 Å². The molecule has 0 aliphatic heterocycles. The lowest BCUT2D eigenvalue weighted by molar-refractivity contribution is 0.381. The van der Waals surface area contributed by atoms with Gasteiger partial charge in [0, 0.05) is 5.54 Å². The maximum atomic E-state index is 6.28. The molecule has 2 N–H and O–H groups in total. The Morgan fingerprint density at radius 3 is 2.77 bits per heavy atom. The molecule has 1 nitrogen and oxygen atoms in total. The maximum Gasteiger partial charge on any atom is 0.0447 e. The average molecular weight is 173 g/mol. The third-order valence-electron chi connectivity index (χ3n) is 3.05. The molecule has 0 aromatic heterocycles. The highest BCUT2D eigenvalue weighted by Gasteiger charge is 2.30. The topological polar surface area (TPSA) is 26.0 Å². The summed E-state index contributed by atoms with van der Waals surface area (Å²) in [4.78, 5) is 0. The molecule has 1 aliphatic carbocycles. The zero-order valence-electron chi connectivity index (χ0n) is 8.12. The fourth-order valence-corrected chi connectivity index (χ4v) is 1.83. The van der Waals surface area contributed by atoms with Gasteiger partial charge in [0.05, 0.1) is 0 Å². The minimum Gasteiger partial charge on any atom is -0.321 e. The van der Waals surface area contributed by atoms with Crippen molar-refractivity contribution >= 4 is 6.08 Å². The van der Waals surface area contributed by atoms with Crippen LogP contribution in [0.25, 0.3) is 6.08 Å². The van der Waals surface area contributed by atoms with E-state index in [2.05, 4.69) is 50.3 Å². The zero-order valence-corrected chi connectivity index (χ0v) is 8.12. The monoisotopic (exact) mass is 173 g/mol. The van der Waals surface area contributed by atoms with Crippen molar-refractivity contribution in [3.05, 3.63) is 41.5 Å². The molecule has 0 saturated carbocycles. The number of hydrogen-bond acceptors (Lipinski definition) is 1. The Morgan fingerprint density at radius 2 is 2.00 bits per heavy atom. The molecular weight excluding hydrogens is 158 g/mol. The van der Waals surface area contributed by atoms with E-state index in [9.17, 15) is 0 Å². The standard InChI is InChI=1S/C12H15N/c1-9-7-8-10-5-3-4-6-11(10)12(9,2)13/h3-9H,13H2,1-2H3. The third kappa shape index (κ3) is 1.20. The summed E-state index contributed by atoms with van der Waals surface area (Å²) in [6.45, 7) is 4.26. The van der Waals surface area contributed by atoms with Crippen LogP contribution in [-0.2, 0) is 5.54 Å². The highest BCUT2D eigenvalue weighted by molar-refractivity contribution is 5.59. The molecule has 0 fully saturated rings. The summed E-state index contributed by atoms with van der Waals surface area (Å²) in [7, 11) is 0. The molecular formula is C12H15N. The lowest BCUT2D eigenvalue weighted by Crippen LogP contribution is -2.41. The van der Waals surface area contributed by atoms with E-state index in [1.807, 2.05) is 0 Å². The Morgan fingerprint density at radius 1 is 1.31 bits per heavy atom. The first-order chi connectivity index (χ1) is 6.12. The summed E-state index contributed by atoms with van der Waals surface area (Å²) in [5, 5.41) is 0. The predicted octanol–water partition coefficient (Wildman–Crippen LogP) is 2.52. The van der Waals surface area contributed by atoms with Crippen molar-refractivity contribution in [1.82, 2.24) is 0 Å². The molecule has 0 spiro atoms. The summed E-state index contributed by atoms with van der Waals surface area (Å²) in [5.41, 5.74) is 8.57. The van der Waals surface area contributed by atoms with Crippen LogP contribution in [0.15, 0.2) is 30.3 Å². The van der Waals surface area contributed by atoms with Gasteiger partial charge in [0.1, 0.15) is 0 Å². The summed E-state index contributed by atoms with van der Waals surface area (Å²) >= 11 is 0. The Kier molecular flexibility index (Phi) is 1.77. The van der Waals surface area contributed by atoms with Crippen LogP contribution in [-0.4, -0.2) is 0 Å². The number of benzene rings is 1. The minimum atomic E-state index is -0.217. The zero-order chi connectivity index (χ0) is 9.47. The first-order valence-electron chi connectivity index (χ1n) is 4.69. The van der Waals surface area contributed by atoms with Gasteiger partial charge in [-0.15, -0.1) is 0 Å². The van der Waals surface area contributed by atoms with Gasteiger partial charge in [-0.05, 0) is 24.0 Å². The van der Waals surface area contributed by atoms with Gasteiger partial charge in [0.15, 0.2) is 0 Å². The van der Waals surface area contributed by atoms with Crippen molar-refractivity contribution in [3.8, 4) is 0 Å². The first-order valence-corrected chi connectivity index (χ1v) is 4.69. The van der Waals surface area contributed by atoms with E-state index in [0.717, 1.165) is 0 Å². The summed E-state index contributed by atoms with van der Waals surface area (Å²) in [6.07, 6.45) is 4.34. The van der Waals surface area contributed by atoms with E-state index in [4.69, 9.17) is 5.73 Å². The molecule has 1 heteroatoms. The van der Waals surface area contributed by atoms with Crippen molar-refractivity contribution in [2.75, 3.05) is 0 Å². The van der Waals surface area contributed by atoms with Crippen molar-refractivity contribution < 1.29 is 0 Å². The number of nitrogens with two attached hydrogens (primary N) is 1. The van der Waals surface area contributed by atoms with Crippen LogP contribution in [0.2, 0.25) is 0 Å². The van der Waals surface area contributed by atoms with Crippen LogP contribution >= 0.6 is 0 Å². The fourth-order valence-electron chi connectivity index (χ4n) is 1.83. The maximum absolute atomic E-state index is 6.28. The Bertz CT molecular complexity index is 350. The molecule has 13 heavy (non-hydrogen) atoms. The summed E-state index contributed by atoms with van der Waals surface area (Å²) in [6, 6.07) is 8.34. The first kappa shape index (κ1) is 8.52. The Hall–Kier alpha value is -1.08. The van der Waals surface area contributed by atoms with E-state index < -0.39 is 0 Å². The van der Waals surface area contributed by atoms with Gasteiger partial charge in [-0.25, -0.2) is 0 Å². The van der Waals surface area contributed by atoms with Crippen molar-refractivity contribution in [2.45, 2.75) is 19.4 Å². The van der Waals surface area contributed by atoms with Gasteiger partial charge < -0.3 is 5.73 Å². The van der Waals surface area contributed by atoms with Gasteiger partial charge in [0.25, 0.3) is 0 Å². The molecule has 0 heterocycles. The second-order valence-electron chi connectivity index (χ2n) is 4.02. The quantitative estimate of drug-likeness (QED) is 0.641. The SMILES string of the molecule is CC1C=Cc2ccccc2C1(C)N. The van der Waals surface area contributed by atoms with E-state index in [1.54, 1.807) is 0 Å². The third-order valence-corrected chi connectivity index (χ3v) is 3.05. The predicted molar refractivity (Wildman–Crippen MR) is 56.2 cm³/mol.